The van der Waals surface area contributed by atoms with Crippen molar-refractivity contribution >= 4 is 32.7 Å². The Morgan fingerprint density at radius 3 is 2.50 bits per heavy atom. The Labute approximate surface area is 79.8 Å². The molecule has 0 bridgehead atoms. The van der Waals surface area contributed by atoms with Crippen LogP contribution in [0.3, 0.4) is 0 Å². The van der Waals surface area contributed by atoms with Gasteiger partial charge in [-0.15, -0.1) is 0 Å². The van der Waals surface area contributed by atoms with Gasteiger partial charge in [-0.05, 0) is 0 Å². The molecule has 1 N–H and O–H groups in total. The van der Waals surface area contributed by atoms with E-state index in [0.717, 1.165) is 5.69 Å². The second kappa shape index (κ2) is 3.18. The average molecular weight is 221 g/mol. The van der Waals surface area contributed by atoms with E-state index in [4.69, 9.17) is 0 Å². The molecule has 1 radical (unpaired) electrons. The van der Waals surface area contributed by atoms with E-state index >= 15 is 0 Å². The number of hydrogen-bond donors (Lipinski definition) is 1. The molecule has 1 nitrogen and oxygen atoms in total. The number of fused-ring (bicyclic) bond motifs is 1. The molecule has 0 fully saturated rings. The van der Waals surface area contributed by atoms with Crippen LogP contribution in [0.4, 0.5) is 5.69 Å². The molecule has 0 amide bonds. The number of anilines is 1. The molecule has 0 aromatic heterocycles. The number of benzene rings is 2. The van der Waals surface area contributed by atoms with E-state index in [1.165, 1.54) is 10.8 Å². The third-order valence-corrected chi connectivity index (χ3v) is 2.36. The normalized spacial score (nSPS) is 10.1. The zero-order chi connectivity index (χ0) is 8.39. The van der Waals surface area contributed by atoms with E-state index in [2.05, 4.69) is 44.8 Å². The summed E-state index contributed by atoms with van der Waals surface area (Å²) in [6, 6.07) is 14.5. The van der Waals surface area contributed by atoms with Crippen molar-refractivity contribution in [1.82, 2.24) is 0 Å². The van der Waals surface area contributed by atoms with Crippen LogP contribution in [0.15, 0.2) is 42.5 Å². The number of nitrogens with one attached hydrogen (secondary N) is 1. The van der Waals surface area contributed by atoms with Crippen LogP contribution in [0.2, 0.25) is 0 Å². The fraction of sp³-hybridized carbons (Fsp3) is 0. The molecule has 0 aliphatic rings. The molecule has 0 heterocycles. The number of rotatable bonds is 1. The second-order valence-electron chi connectivity index (χ2n) is 2.63. The van der Waals surface area contributed by atoms with Crippen LogP contribution in [0.1, 0.15) is 0 Å². The first kappa shape index (κ1) is 7.66. The van der Waals surface area contributed by atoms with Crippen molar-refractivity contribution in [3.8, 4) is 0 Å². The van der Waals surface area contributed by atoms with Gasteiger partial charge < -0.3 is 0 Å². The Morgan fingerprint density at radius 1 is 0.917 bits per heavy atom. The summed E-state index contributed by atoms with van der Waals surface area (Å²) in [5.74, 6) is 0. The molecule has 0 unspecified atom stereocenters. The van der Waals surface area contributed by atoms with Gasteiger partial charge in [-0.3, -0.25) is 0 Å². The Hall–Kier alpha value is -0.981. The first-order valence-electron chi connectivity index (χ1n) is 3.78. The Balaban J connectivity index is 2.79. The van der Waals surface area contributed by atoms with Crippen LogP contribution in [0.5, 0.6) is 0 Å². The van der Waals surface area contributed by atoms with E-state index in [0.29, 0.717) is 0 Å². The van der Waals surface area contributed by atoms with E-state index < -0.39 is 0 Å². The predicted molar refractivity (Wildman–Crippen MR) is 53.3 cm³/mol. The van der Waals surface area contributed by atoms with Crippen molar-refractivity contribution in [2.24, 2.45) is 0 Å². The standard InChI is InChI=1S/C10H8NSe/c12-11-10-7-3-5-8-4-1-2-6-9(8)10/h1-7,11H. The molecule has 2 aromatic carbocycles. The molecule has 0 saturated heterocycles. The fourth-order valence-corrected chi connectivity index (χ4v) is 1.69. The first-order chi connectivity index (χ1) is 5.92. The molecule has 59 valence electrons. The zero-order valence-corrected chi connectivity index (χ0v) is 8.16. The zero-order valence-electron chi connectivity index (χ0n) is 6.45. The summed E-state index contributed by atoms with van der Waals surface area (Å²) in [5.41, 5.74) is 1.13. The molecular formula is C10H8NSe. The van der Waals surface area contributed by atoms with Crippen molar-refractivity contribution in [3.05, 3.63) is 42.5 Å². The average Bonchev–Trinajstić information content (AvgIpc) is 2.17. The quantitative estimate of drug-likeness (QED) is 0.729. The minimum absolute atomic E-state index is 1.13. The first-order valence-corrected chi connectivity index (χ1v) is 4.63. The Kier molecular flexibility index (Phi) is 2.03. The van der Waals surface area contributed by atoms with Crippen LogP contribution in [0, 0.1) is 0 Å². The van der Waals surface area contributed by atoms with Gasteiger partial charge in [0.05, 0.1) is 0 Å². The second-order valence-corrected chi connectivity index (χ2v) is 3.06. The Morgan fingerprint density at radius 2 is 1.67 bits per heavy atom. The minimum atomic E-state index is 1.13. The van der Waals surface area contributed by atoms with Gasteiger partial charge in [0, 0.05) is 0 Å². The maximum absolute atomic E-state index is 3.04. The van der Waals surface area contributed by atoms with Crippen LogP contribution in [-0.2, 0) is 0 Å². The summed E-state index contributed by atoms with van der Waals surface area (Å²) in [5, 5.41) is 2.51. The number of hydrogen-bond acceptors (Lipinski definition) is 1. The molecule has 0 spiro atoms. The molecule has 12 heavy (non-hydrogen) atoms. The van der Waals surface area contributed by atoms with Crippen molar-refractivity contribution in [3.63, 3.8) is 0 Å². The molecule has 0 saturated carbocycles. The monoisotopic (exact) mass is 222 g/mol. The van der Waals surface area contributed by atoms with Crippen molar-refractivity contribution in [2.75, 3.05) is 4.33 Å². The van der Waals surface area contributed by atoms with E-state index in [-0.39, 0.29) is 0 Å². The van der Waals surface area contributed by atoms with Crippen molar-refractivity contribution < 1.29 is 0 Å². The summed E-state index contributed by atoms with van der Waals surface area (Å²) in [6.07, 6.45) is 0. The van der Waals surface area contributed by atoms with Crippen LogP contribution in [-0.4, -0.2) is 16.2 Å². The van der Waals surface area contributed by atoms with Crippen molar-refractivity contribution in [1.29, 1.82) is 0 Å². The maximum atomic E-state index is 3.04. The third-order valence-electron chi connectivity index (χ3n) is 1.90. The molecule has 2 heteroatoms. The van der Waals surface area contributed by atoms with Gasteiger partial charge in [-0.25, -0.2) is 0 Å². The topological polar surface area (TPSA) is 12.0 Å². The molecule has 2 rings (SSSR count). The van der Waals surface area contributed by atoms with Crippen LogP contribution < -0.4 is 4.33 Å². The predicted octanol–water partition coefficient (Wildman–Crippen LogP) is 2.34. The van der Waals surface area contributed by atoms with E-state index in [1.807, 2.05) is 18.2 Å². The SMILES string of the molecule is [Se]Nc1cccc2ccccc12. The van der Waals surface area contributed by atoms with Gasteiger partial charge in [0.2, 0.25) is 0 Å². The van der Waals surface area contributed by atoms with E-state index in [9.17, 15) is 0 Å². The van der Waals surface area contributed by atoms with Gasteiger partial charge in [0.15, 0.2) is 0 Å². The summed E-state index contributed by atoms with van der Waals surface area (Å²) < 4.78 is 3.04. The Bertz CT molecular complexity index is 392. The summed E-state index contributed by atoms with van der Waals surface area (Å²) in [4.78, 5) is 0. The van der Waals surface area contributed by atoms with Gasteiger partial charge in [0.1, 0.15) is 0 Å². The molecular weight excluding hydrogens is 213 g/mol. The molecule has 0 aliphatic heterocycles. The van der Waals surface area contributed by atoms with Crippen LogP contribution in [0.25, 0.3) is 10.8 Å². The van der Waals surface area contributed by atoms with Gasteiger partial charge >= 0.3 is 79.5 Å². The summed E-state index contributed by atoms with van der Waals surface area (Å²) >= 11 is 2.80. The molecule has 0 aliphatic carbocycles. The van der Waals surface area contributed by atoms with Gasteiger partial charge in [-0.1, -0.05) is 0 Å². The fourth-order valence-electron chi connectivity index (χ4n) is 1.31. The molecule has 2 aromatic rings. The van der Waals surface area contributed by atoms with Crippen molar-refractivity contribution in [2.45, 2.75) is 0 Å². The summed E-state index contributed by atoms with van der Waals surface area (Å²) in [6.45, 7) is 0. The summed E-state index contributed by atoms with van der Waals surface area (Å²) in [7, 11) is 0. The molecule has 0 atom stereocenters. The van der Waals surface area contributed by atoms with Gasteiger partial charge in [0.25, 0.3) is 0 Å². The van der Waals surface area contributed by atoms with Crippen LogP contribution >= 0.6 is 0 Å². The van der Waals surface area contributed by atoms with Gasteiger partial charge in [-0.2, -0.15) is 0 Å². The third kappa shape index (κ3) is 1.20. The van der Waals surface area contributed by atoms with E-state index in [1.54, 1.807) is 0 Å².